The predicted molar refractivity (Wildman–Crippen MR) is 330 cm³/mol. The van der Waals surface area contributed by atoms with Gasteiger partial charge in [0, 0.05) is 19.3 Å². The second kappa shape index (κ2) is 63.9. The summed E-state index contributed by atoms with van der Waals surface area (Å²) in [5, 5.41) is 0. The van der Waals surface area contributed by atoms with Gasteiger partial charge in [-0.1, -0.05) is 304 Å². The highest BCUT2D eigenvalue weighted by atomic mass is 16.6. The highest BCUT2D eigenvalue weighted by Crippen LogP contribution is 2.17. The lowest BCUT2D eigenvalue weighted by Gasteiger charge is -2.18. The van der Waals surface area contributed by atoms with Gasteiger partial charge in [-0.15, -0.1) is 0 Å². The molecule has 0 heterocycles. The van der Waals surface area contributed by atoms with Crippen LogP contribution in [0.3, 0.4) is 0 Å². The number of carbonyl (C=O) groups is 3. The fraction of sp³-hybridized carbons (Fsp3) is 0.729. The van der Waals surface area contributed by atoms with Crippen LogP contribution in [0.5, 0.6) is 0 Å². The standard InChI is InChI=1S/C70H120O6/c1-4-7-10-13-16-18-20-22-24-26-28-30-32-34-35-36-38-39-41-43-45-47-49-51-54-57-60-63-69(72)75-66-67(65-74-68(71)62-59-56-53-15-12-9-6-3)76-70(73)64-61-58-55-52-50-48-46-44-42-40-37-33-31-29-27-25-23-21-19-17-14-11-8-5-2/h7,10,16,18,22,24,28,30,34-35,38-39,43,45,49,51,67H,4-6,8-9,11-15,17,19-21,23,25-27,29,31-33,36-37,40-42,44,46-48,50,52-66H2,1-3H3/b10-7-,18-16-,24-22-,30-28-,35-34-,39-38-,45-43-,51-49-. The van der Waals surface area contributed by atoms with Crippen molar-refractivity contribution in [2.75, 3.05) is 13.2 Å². The Morgan fingerprint density at radius 3 is 0.803 bits per heavy atom. The third kappa shape index (κ3) is 61.2. The van der Waals surface area contributed by atoms with Crippen molar-refractivity contribution >= 4 is 17.9 Å². The molecule has 0 aliphatic carbocycles. The van der Waals surface area contributed by atoms with E-state index in [0.717, 1.165) is 109 Å². The summed E-state index contributed by atoms with van der Waals surface area (Å²) in [6.07, 6.45) is 85.9. The second-order valence-electron chi connectivity index (χ2n) is 21.3. The summed E-state index contributed by atoms with van der Waals surface area (Å²) in [5.74, 6) is -0.931. The van der Waals surface area contributed by atoms with Crippen molar-refractivity contribution in [3.05, 3.63) is 97.2 Å². The van der Waals surface area contributed by atoms with Gasteiger partial charge >= 0.3 is 17.9 Å². The molecule has 0 fully saturated rings. The molecule has 0 aromatic rings. The van der Waals surface area contributed by atoms with Crippen LogP contribution in [0.4, 0.5) is 0 Å². The molecule has 0 saturated carbocycles. The van der Waals surface area contributed by atoms with E-state index in [4.69, 9.17) is 14.2 Å². The van der Waals surface area contributed by atoms with Gasteiger partial charge < -0.3 is 14.2 Å². The molecule has 436 valence electrons. The van der Waals surface area contributed by atoms with E-state index < -0.39 is 6.10 Å². The zero-order valence-corrected chi connectivity index (χ0v) is 50.0. The van der Waals surface area contributed by atoms with Crippen molar-refractivity contribution < 1.29 is 28.6 Å². The number of allylic oxidation sites excluding steroid dienone is 16. The van der Waals surface area contributed by atoms with Crippen molar-refractivity contribution in [3.8, 4) is 0 Å². The van der Waals surface area contributed by atoms with Gasteiger partial charge in [0.1, 0.15) is 13.2 Å². The Kier molecular flexibility index (Phi) is 60.8. The molecule has 0 saturated heterocycles. The van der Waals surface area contributed by atoms with Crippen LogP contribution in [0.15, 0.2) is 97.2 Å². The minimum Gasteiger partial charge on any atom is -0.462 e. The molecule has 0 N–H and O–H groups in total. The molecule has 6 heteroatoms. The maximum Gasteiger partial charge on any atom is 0.306 e. The third-order valence-corrected chi connectivity index (χ3v) is 13.9. The molecule has 0 aromatic carbocycles. The molecular formula is C70H120O6. The highest BCUT2D eigenvalue weighted by molar-refractivity contribution is 5.71. The van der Waals surface area contributed by atoms with E-state index in [1.165, 1.54) is 161 Å². The maximum absolute atomic E-state index is 12.9. The van der Waals surface area contributed by atoms with Gasteiger partial charge in [-0.2, -0.15) is 0 Å². The Morgan fingerprint density at radius 2 is 0.513 bits per heavy atom. The van der Waals surface area contributed by atoms with Crippen molar-refractivity contribution in [2.45, 2.75) is 316 Å². The number of hydrogen-bond donors (Lipinski definition) is 0. The normalized spacial score (nSPS) is 12.7. The number of esters is 3. The van der Waals surface area contributed by atoms with Crippen LogP contribution in [0.1, 0.15) is 310 Å². The minimum atomic E-state index is -0.792. The Bertz CT molecular complexity index is 1490. The van der Waals surface area contributed by atoms with Gasteiger partial charge in [0.2, 0.25) is 0 Å². The van der Waals surface area contributed by atoms with Crippen LogP contribution in [0.25, 0.3) is 0 Å². The topological polar surface area (TPSA) is 78.9 Å². The maximum atomic E-state index is 12.9. The summed E-state index contributed by atoms with van der Waals surface area (Å²) in [5.41, 5.74) is 0. The SMILES string of the molecule is CC/C=C\C/C=C\C/C=C\C/C=C\C/C=C\C/C=C\C/C=C\C/C=C\CCCCC(=O)OCC(COC(=O)CCCCCCCCC)OC(=O)CCCCCCCCCCCCCCCCCCCCCCCCCC. The fourth-order valence-corrected chi connectivity index (χ4v) is 9.05. The van der Waals surface area contributed by atoms with E-state index in [0.29, 0.717) is 19.3 Å². The zero-order valence-electron chi connectivity index (χ0n) is 50.0. The highest BCUT2D eigenvalue weighted by Gasteiger charge is 2.19. The molecule has 6 nitrogen and oxygen atoms in total. The lowest BCUT2D eigenvalue weighted by Crippen LogP contribution is -2.30. The first kappa shape index (κ1) is 72.3. The van der Waals surface area contributed by atoms with E-state index in [2.05, 4.69) is 118 Å². The summed E-state index contributed by atoms with van der Waals surface area (Å²) in [4.78, 5) is 38.1. The average molecular weight is 1060 g/mol. The Morgan fingerprint density at radius 1 is 0.276 bits per heavy atom. The van der Waals surface area contributed by atoms with Crippen molar-refractivity contribution in [1.82, 2.24) is 0 Å². The average Bonchev–Trinajstić information content (AvgIpc) is 3.42. The Labute approximate surface area is 470 Å². The Balaban J connectivity index is 4.22. The van der Waals surface area contributed by atoms with Gasteiger partial charge in [-0.3, -0.25) is 14.4 Å². The molecule has 76 heavy (non-hydrogen) atoms. The van der Waals surface area contributed by atoms with Crippen molar-refractivity contribution in [1.29, 1.82) is 0 Å². The number of unbranched alkanes of at least 4 members (excludes halogenated alkanes) is 31. The number of rotatable bonds is 58. The van der Waals surface area contributed by atoms with Crippen LogP contribution in [-0.4, -0.2) is 37.2 Å². The van der Waals surface area contributed by atoms with Crippen LogP contribution in [0.2, 0.25) is 0 Å². The summed E-state index contributed by atoms with van der Waals surface area (Å²) in [6.45, 7) is 6.48. The molecule has 0 rings (SSSR count). The van der Waals surface area contributed by atoms with Crippen LogP contribution < -0.4 is 0 Å². The van der Waals surface area contributed by atoms with Crippen molar-refractivity contribution in [3.63, 3.8) is 0 Å². The van der Waals surface area contributed by atoms with Gasteiger partial charge in [0.15, 0.2) is 6.10 Å². The molecule has 1 atom stereocenters. The first-order chi connectivity index (χ1) is 37.5. The monoisotopic (exact) mass is 1060 g/mol. The van der Waals surface area contributed by atoms with Crippen LogP contribution in [-0.2, 0) is 28.6 Å². The summed E-state index contributed by atoms with van der Waals surface area (Å²) in [7, 11) is 0. The molecule has 0 aliphatic rings. The molecule has 1 unspecified atom stereocenters. The smallest absolute Gasteiger partial charge is 0.306 e. The second-order valence-corrected chi connectivity index (χ2v) is 21.3. The first-order valence-electron chi connectivity index (χ1n) is 32.2. The van der Waals surface area contributed by atoms with E-state index in [1.807, 2.05) is 0 Å². The quantitative estimate of drug-likeness (QED) is 0.0261. The van der Waals surface area contributed by atoms with Crippen LogP contribution >= 0.6 is 0 Å². The molecular weight excluding hydrogens is 937 g/mol. The van der Waals surface area contributed by atoms with Crippen LogP contribution in [0, 0.1) is 0 Å². The largest absolute Gasteiger partial charge is 0.462 e. The first-order valence-corrected chi connectivity index (χ1v) is 32.2. The number of carbonyl (C=O) groups excluding carboxylic acids is 3. The molecule has 0 amide bonds. The Hall–Kier alpha value is -3.67. The molecule has 0 spiro atoms. The van der Waals surface area contributed by atoms with E-state index in [9.17, 15) is 14.4 Å². The lowest BCUT2D eigenvalue weighted by atomic mass is 10.0. The molecule has 0 aliphatic heterocycles. The zero-order chi connectivity index (χ0) is 55.0. The van der Waals surface area contributed by atoms with Gasteiger partial charge in [0.05, 0.1) is 0 Å². The van der Waals surface area contributed by atoms with Crippen molar-refractivity contribution in [2.24, 2.45) is 0 Å². The fourth-order valence-electron chi connectivity index (χ4n) is 9.05. The van der Waals surface area contributed by atoms with Gasteiger partial charge in [0.25, 0.3) is 0 Å². The molecule has 0 bridgehead atoms. The van der Waals surface area contributed by atoms with Gasteiger partial charge in [-0.05, 0) is 83.5 Å². The number of hydrogen-bond acceptors (Lipinski definition) is 6. The summed E-state index contributed by atoms with van der Waals surface area (Å²) in [6, 6.07) is 0. The molecule has 0 radical (unpaired) electrons. The van der Waals surface area contributed by atoms with E-state index >= 15 is 0 Å². The van der Waals surface area contributed by atoms with Gasteiger partial charge in [-0.25, -0.2) is 0 Å². The predicted octanol–water partition coefficient (Wildman–Crippen LogP) is 22.0. The summed E-state index contributed by atoms with van der Waals surface area (Å²) < 4.78 is 16.8. The lowest BCUT2D eigenvalue weighted by molar-refractivity contribution is -0.167. The van der Waals surface area contributed by atoms with E-state index in [1.54, 1.807) is 0 Å². The molecule has 0 aromatic heterocycles. The minimum absolute atomic E-state index is 0.0889. The summed E-state index contributed by atoms with van der Waals surface area (Å²) >= 11 is 0. The number of ether oxygens (including phenoxy) is 3. The van der Waals surface area contributed by atoms with E-state index in [-0.39, 0.29) is 31.1 Å². The third-order valence-electron chi connectivity index (χ3n) is 13.9.